The van der Waals surface area contributed by atoms with Crippen molar-refractivity contribution < 1.29 is 0 Å². The van der Waals surface area contributed by atoms with Crippen LogP contribution in [0, 0.1) is 5.92 Å². The van der Waals surface area contributed by atoms with Crippen LogP contribution in [0.1, 0.15) is 45.2 Å². The van der Waals surface area contributed by atoms with Gasteiger partial charge in [-0.1, -0.05) is 23.7 Å². The quantitative estimate of drug-likeness (QED) is 0.628. The Hall–Kier alpha value is -1.26. The first-order valence-corrected chi connectivity index (χ1v) is 9.39. The molecule has 0 spiro atoms. The Balaban J connectivity index is 2.15. The molecular formula is C19H31ClN4. The van der Waals surface area contributed by atoms with Gasteiger partial charge in [0.1, 0.15) is 0 Å². The molecule has 1 heterocycles. The summed E-state index contributed by atoms with van der Waals surface area (Å²) >= 11 is 6.22. The average Bonchev–Trinajstić information content (AvgIpc) is 2.52. The minimum Gasteiger partial charge on any atom is -0.357 e. The highest BCUT2D eigenvalue weighted by molar-refractivity contribution is 6.30. The number of rotatable bonds is 5. The standard InChI is InChI=1S/C19H31ClN4/c1-5-21-19(23-14(2)3)22-13-16-9-7-11-24(4)18(16)15-8-6-10-17(20)12-15/h6,8,10,12,14,16,18H,5,7,9,11,13H2,1-4H3,(H2,21,22,23). The minimum absolute atomic E-state index is 0.376. The summed E-state index contributed by atoms with van der Waals surface area (Å²) in [5, 5.41) is 7.54. The average molecular weight is 351 g/mol. The maximum Gasteiger partial charge on any atom is 0.191 e. The van der Waals surface area contributed by atoms with Gasteiger partial charge < -0.3 is 10.6 Å². The molecule has 2 unspecified atom stereocenters. The number of nitrogens with zero attached hydrogens (tertiary/aromatic N) is 2. The van der Waals surface area contributed by atoms with Crippen LogP contribution in [0.15, 0.2) is 29.3 Å². The van der Waals surface area contributed by atoms with E-state index < -0.39 is 0 Å². The zero-order valence-electron chi connectivity index (χ0n) is 15.3. The second-order valence-corrected chi connectivity index (χ2v) is 7.34. The van der Waals surface area contributed by atoms with Crippen molar-refractivity contribution in [2.75, 3.05) is 26.7 Å². The number of hydrogen-bond acceptors (Lipinski definition) is 2. The van der Waals surface area contributed by atoms with Crippen molar-refractivity contribution in [1.29, 1.82) is 0 Å². The normalized spacial score (nSPS) is 22.7. The van der Waals surface area contributed by atoms with Gasteiger partial charge in [-0.2, -0.15) is 0 Å². The van der Waals surface area contributed by atoms with Gasteiger partial charge >= 0.3 is 0 Å². The Kier molecular flexibility index (Phi) is 7.38. The van der Waals surface area contributed by atoms with Crippen LogP contribution < -0.4 is 10.6 Å². The van der Waals surface area contributed by atoms with Gasteiger partial charge in [-0.15, -0.1) is 0 Å². The van der Waals surface area contributed by atoms with Crippen molar-refractivity contribution in [3.63, 3.8) is 0 Å². The van der Waals surface area contributed by atoms with Crippen molar-refractivity contribution in [1.82, 2.24) is 15.5 Å². The van der Waals surface area contributed by atoms with E-state index in [1.54, 1.807) is 0 Å². The number of benzene rings is 1. The molecule has 0 radical (unpaired) electrons. The Labute approximate surface area is 151 Å². The first-order chi connectivity index (χ1) is 11.5. The minimum atomic E-state index is 0.376. The lowest BCUT2D eigenvalue weighted by atomic mass is 9.85. The number of aliphatic imine (C=N–C) groups is 1. The lowest BCUT2D eigenvalue weighted by Gasteiger charge is -2.39. The van der Waals surface area contributed by atoms with E-state index in [1.165, 1.54) is 18.4 Å². The molecule has 4 nitrogen and oxygen atoms in total. The summed E-state index contributed by atoms with van der Waals surface area (Å²) in [6, 6.07) is 9.03. The van der Waals surface area contributed by atoms with Gasteiger partial charge in [0.05, 0.1) is 0 Å². The van der Waals surface area contributed by atoms with Gasteiger partial charge in [0.15, 0.2) is 5.96 Å². The molecule has 1 aromatic rings. The van der Waals surface area contributed by atoms with E-state index in [9.17, 15) is 0 Å². The molecule has 2 rings (SSSR count). The zero-order chi connectivity index (χ0) is 17.5. The topological polar surface area (TPSA) is 39.7 Å². The molecule has 0 aromatic heterocycles. The fourth-order valence-corrected chi connectivity index (χ4v) is 3.67. The maximum absolute atomic E-state index is 6.22. The first kappa shape index (κ1) is 19.1. The summed E-state index contributed by atoms with van der Waals surface area (Å²) in [5.74, 6) is 1.41. The second kappa shape index (κ2) is 9.28. The summed E-state index contributed by atoms with van der Waals surface area (Å²) < 4.78 is 0. The van der Waals surface area contributed by atoms with Crippen molar-refractivity contribution in [3.05, 3.63) is 34.9 Å². The summed E-state index contributed by atoms with van der Waals surface area (Å²) in [7, 11) is 2.21. The fraction of sp³-hybridized carbons (Fsp3) is 0.632. The molecule has 0 aliphatic carbocycles. The molecule has 1 aliphatic heterocycles. The molecule has 1 aliphatic rings. The molecule has 0 bridgehead atoms. The highest BCUT2D eigenvalue weighted by atomic mass is 35.5. The van der Waals surface area contributed by atoms with Gasteiger partial charge in [-0.25, -0.2) is 0 Å². The number of hydrogen-bond donors (Lipinski definition) is 2. The van der Waals surface area contributed by atoms with E-state index in [2.05, 4.69) is 55.5 Å². The summed E-state index contributed by atoms with van der Waals surface area (Å²) in [4.78, 5) is 7.29. The molecule has 2 N–H and O–H groups in total. The van der Waals surface area contributed by atoms with E-state index in [4.69, 9.17) is 16.6 Å². The number of piperidine rings is 1. The first-order valence-electron chi connectivity index (χ1n) is 9.01. The number of guanidine groups is 1. The van der Waals surface area contributed by atoms with E-state index in [1.807, 2.05) is 12.1 Å². The molecule has 24 heavy (non-hydrogen) atoms. The molecule has 2 atom stereocenters. The van der Waals surface area contributed by atoms with Crippen LogP contribution >= 0.6 is 11.6 Å². The van der Waals surface area contributed by atoms with Crippen LogP contribution in [0.2, 0.25) is 5.02 Å². The van der Waals surface area contributed by atoms with Crippen molar-refractivity contribution in [2.45, 2.75) is 45.7 Å². The smallest absolute Gasteiger partial charge is 0.191 e. The molecule has 1 saturated heterocycles. The molecule has 1 aromatic carbocycles. The Morgan fingerprint density at radius 2 is 2.21 bits per heavy atom. The van der Waals surface area contributed by atoms with Crippen LogP contribution in [-0.2, 0) is 0 Å². The largest absolute Gasteiger partial charge is 0.357 e. The Morgan fingerprint density at radius 1 is 1.42 bits per heavy atom. The summed E-state index contributed by atoms with van der Waals surface area (Å²) in [6.07, 6.45) is 2.42. The van der Waals surface area contributed by atoms with Crippen molar-refractivity contribution >= 4 is 17.6 Å². The SMILES string of the molecule is CCNC(=NCC1CCCN(C)C1c1cccc(Cl)c1)NC(C)C. The lowest BCUT2D eigenvalue weighted by Crippen LogP contribution is -2.42. The van der Waals surface area contributed by atoms with Crippen molar-refractivity contribution in [2.24, 2.45) is 10.9 Å². The third-order valence-electron chi connectivity index (χ3n) is 4.45. The predicted molar refractivity (Wildman–Crippen MR) is 104 cm³/mol. The van der Waals surface area contributed by atoms with Gasteiger partial charge in [-0.3, -0.25) is 9.89 Å². The Morgan fingerprint density at radius 3 is 2.88 bits per heavy atom. The van der Waals surface area contributed by atoms with Crippen LogP contribution in [-0.4, -0.2) is 43.6 Å². The van der Waals surface area contributed by atoms with E-state index in [0.717, 1.165) is 30.6 Å². The van der Waals surface area contributed by atoms with E-state index in [-0.39, 0.29) is 0 Å². The maximum atomic E-state index is 6.22. The molecule has 134 valence electrons. The molecular weight excluding hydrogens is 320 g/mol. The molecule has 0 saturated carbocycles. The highest BCUT2D eigenvalue weighted by Crippen LogP contribution is 2.36. The number of likely N-dealkylation sites (tertiary alicyclic amines) is 1. The molecule has 5 heteroatoms. The van der Waals surface area contributed by atoms with E-state index in [0.29, 0.717) is 18.0 Å². The third-order valence-corrected chi connectivity index (χ3v) is 4.69. The fourth-order valence-electron chi connectivity index (χ4n) is 3.47. The van der Waals surface area contributed by atoms with Crippen LogP contribution in [0.5, 0.6) is 0 Å². The van der Waals surface area contributed by atoms with Crippen LogP contribution in [0.25, 0.3) is 0 Å². The summed E-state index contributed by atoms with van der Waals surface area (Å²) in [5.41, 5.74) is 1.30. The monoisotopic (exact) mass is 350 g/mol. The molecule has 1 fully saturated rings. The second-order valence-electron chi connectivity index (χ2n) is 6.90. The van der Waals surface area contributed by atoms with Gasteiger partial charge in [0.2, 0.25) is 0 Å². The predicted octanol–water partition coefficient (Wildman–Crippen LogP) is 3.69. The van der Waals surface area contributed by atoms with Crippen LogP contribution in [0.4, 0.5) is 0 Å². The highest BCUT2D eigenvalue weighted by Gasteiger charge is 2.30. The third kappa shape index (κ3) is 5.38. The Bertz CT molecular complexity index is 544. The zero-order valence-corrected chi connectivity index (χ0v) is 16.1. The summed E-state index contributed by atoms with van der Waals surface area (Å²) in [6.45, 7) is 9.19. The van der Waals surface area contributed by atoms with Crippen molar-refractivity contribution in [3.8, 4) is 0 Å². The molecule has 0 amide bonds. The van der Waals surface area contributed by atoms with E-state index >= 15 is 0 Å². The van der Waals surface area contributed by atoms with Gasteiger partial charge in [-0.05, 0) is 70.8 Å². The number of nitrogens with one attached hydrogen (secondary N) is 2. The lowest BCUT2D eigenvalue weighted by molar-refractivity contribution is 0.125. The van der Waals surface area contributed by atoms with Gasteiger partial charge in [0.25, 0.3) is 0 Å². The van der Waals surface area contributed by atoms with Gasteiger partial charge in [0, 0.05) is 30.2 Å². The number of halogens is 1. The van der Waals surface area contributed by atoms with Crippen LogP contribution in [0.3, 0.4) is 0 Å².